The Morgan fingerprint density at radius 2 is 2.05 bits per heavy atom. The first-order chi connectivity index (χ1) is 10.5. The van der Waals surface area contributed by atoms with Gasteiger partial charge in [0, 0.05) is 17.4 Å². The molecule has 0 saturated heterocycles. The first kappa shape index (κ1) is 14.6. The van der Waals surface area contributed by atoms with Crippen molar-refractivity contribution in [2.75, 3.05) is 10.6 Å². The molecule has 0 spiro atoms. The van der Waals surface area contributed by atoms with Gasteiger partial charge in [0.2, 0.25) is 5.91 Å². The maximum absolute atomic E-state index is 13.6. The van der Waals surface area contributed by atoms with Gasteiger partial charge in [0.25, 0.3) is 0 Å². The summed E-state index contributed by atoms with van der Waals surface area (Å²) in [7, 11) is 0. The van der Waals surface area contributed by atoms with Crippen molar-refractivity contribution in [1.29, 1.82) is 0 Å². The van der Waals surface area contributed by atoms with E-state index in [0.717, 1.165) is 17.7 Å². The Hall–Kier alpha value is -2.36. The molecule has 0 aliphatic carbocycles. The van der Waals surface area contributed by atoms with Crippen LogP contribution in [0, 0.1) is 12.7 Å². The number of halogens is 1. The summed E-state index contributed by atoms with van der Waals surface area (Å²) in [5, 5.41) is 6.22. The number of carbonyl (C=O) groups is 1. The quantitative estimate of drug-likeness (QED) is 0.878. The zero-order valence-electron chi connectivity index (χ0n) is 12.7. The van der Waals surface area contributed by atoms with E-state index in [2.05, 4.69) is 17.6 Å². The van der Waals surface area contributed by atoms with E-state index in [-0.39, 0.29) is 23.7 Å². The van der Waals surface area contributed by atoms with Crippen molar-refractivity contribution in [2.45, 2.75) is 32.2 Å². The molecule has 2 aromatic carbocycles. The Bertz CT molecular complexity index is 714. The third kappa shape index (κ3) is 2.82. The lowest BCUT2D eigenvalue weighted by Gasteiger charge is -2.30. The van der Waals surface area contributed by atoms with Gasteiger partial charge in [0.1, 0.15) is 5.82 Å². The van der Waals surface area contributed by atoms with Gasteiger partial charge in [-0.3, -0.25) is 4.79 Å². The molecule has 0 saturated carbocycles. The van der Waals surface area contributed by atoms with Crippen molar-refractivity contribution in [2.24, 2.45) is 0 Å². The first-order valence-electron chi connectivity index (χ1n) is 7.47. The molecule has 2 N–H and O–H groups in total. The molecule has 1 aliphatic heterocycles. The Morgan fingerprint density at radius 3 is 2.82 bits per heavy atom. The molecule has 4 heteroatoms. The van der Waals surface area contributed by atoms with E-state index in [4.69, 9.17) is 0 Å². The van der Waals surface area contributed by atoms with Crippen LogP contribution in [0.1, 0.15) is 30.4 Å². The molecule has 1 aliphatic rings. The molecule has 2 aromatic rings. The average molecular weight is 298 g/mol. The van der Waals surface area contributed by atoms with Crippen LogP contribution in [0.4, 0.5) is 15.8 Å². The fraction of sp³-hybridized carbons (Fsp3) is 0.278. The number of amides is 1. The topological polar surface area (TPSA) is 41.1 Å². The standard InChI is InChI=1S/C18H19FN2O/c1-11-7-8-13(10-16(11)19)21-18(22)15-9-12(2)20-17-6-4-3-5-14(15)17/h3-8,10,12,15,20H,9H2,1-2H3,(H,21,22). The van der Waals surface area contributed by atoms with E-state index < -0.39 is 0 Å². The third-order valence-corrected chi connectivity index (χ3v) is 4.08. The second-order valence-electron chi connectivity index (χ2n) is 5.87. The number of hydrogen-bond donors (Lipinski definition) is 2. The van der Waals surface area contributed by atoms with Crippen LogP contribution < -0.4 is 10.6 Å². The molecule has 22 heavy (non-hydrogen) atoms. The first-order valence-corrected chi connectivity index (χ1v) is 7.47. The Labute approximate surface area is 129 Å². The minimum Gasteiger partial charge on any atom is -0.382 e. The highest BCUT2D eigenvalue weighted by Gasteiger charge is 2.29. The average Bonchev–Trinajstić information content (AvgIpc) is 2.50. The van der Waals surface area contributed by atoms with E-state index >= 15 is 0 Å². The van der Waals surface area contributed by atoms with Gasteiger partial charge in [0.05, 0.1) is 5.92 Å². The normalized spacial score (nSPS) is 20.0. The number of nitrogens with one attached hydrogen (secondary N) is 2. The monoisotopic (exact) mass is 298 g/mol. The lowest BCUT2D eigenvalue weighted by molar-refractivity contribution is -0.117. The number of benzene rings is 2. The van der Waals surface area contributed by atoms with E-state index in [1.165, 1.54) is 6.07 Å². The van der Waals surface area contributed by atoms with Crippen LogP contribution in [0.3, 0.4) is 0 Å². The van der Waals surface area contributed by atoms with Crippen molar-refractivity contribution in [3.63, 3.8) is 0 Å². The Balaban J connectivity index is 1.84. The van der Waals surface area contributed by atoms with Crippen LogP contribution in [0.5, 0.6) is 0 Å². The van der Waals surface area contributed by atoms with Crippen molar-refractivity contribution < 1.29 is 9.18 Å². The molecule has 0 aromatic heterocycles. The van der Waals surface area contributed by atoms with E-state index in [1.54, 1.807) is 19.1 Å². The van der Waals surface area contributed by atoms with Crippen LogP contribution in [-0.4, -0.2) is 11.9 Å². The number of carbonyl (C=O) groups excluding carboxylic acids is 1. The summed E-state index contributed by atoms with van der Waals surface area (Å²) in [5.74, 6) is -0.627. The van der Waals surface area contributed by atoms with Crippen LogP contribution in [0.25, 0.3) is 0 Å². The molecule has 0 radical (unpaired) electrons. The maximum atomic E-state index is 13.6. The van der Waals surface area contributed by atoms with E-state index in [1.807, 2.05) is 24.3 Å². The number of aryl methyl sites for hydroxylation is 1. The molecular weight excluding hydrogens is 279 g/mol. The summed E-state index contributed by atoms with van der Waals surface area (Å²) >= 11 is 0. The molecule has 114 valence electrons. The summed E-state index contributed by atoms with van der Waals surface area (Å²) in [6.45, 7) is 3.76. The molecular formula is C18H19FN2O. The van der Waals surface area contributed by atoms with Crippen LogP contribution in [0.15, 0.2) is 42.5 Å². The lowest BCUT2D eigenvalue weighted by atomic mass is 9.87. The molecule has 1 amide bonds. The van der Waals surface area contributed by atoms with Crippen LogP contribution in [0.2, 0.25) is 0 Å². The highest BCUT2D eigenvalue weighted by atomic mass is 19.1. The fourth-order valence-electron chi connectivity index (χ4n) is 2.89. The number of hydrogen-bond acceptors (Lipinski definition) is 2. The van der Waals surface area contributed by atoms with Gasteiger partial charge in [-0.1, -0.05) is 24.3 Å². The largest absolute Gasteiger partial charge is 0.382 e. The van der Waals surface area contributed by atoms with Crippen molar-refractivity contribution in [1.82, 2.24) is 0 Å². The van der Waals surface area contributed by atoms with E-state index in [0.29, 0.717) is 11.3 Å². The maximum Gasteiger partial charge on any atom is 0.232 e. The highest BCUT2D eigenvalue weighted by Crippen LogP contribution is 2.34. The van der Waals surface area contributed by atoms with Crippen LogP contribution >= 0.6 is 0 Å². The SMILES string of the molecule is Cc1ccc(NC(=O)C2CC(C)Nc3ccccc32)cc1F. The zero-order valence-corrected chi connectivity index (χ0v) is 12.7. The smallest absolute Gasteiger partial charge is 0.232 e. The number of anilines is 2. The van der Waals surface area contributed by atoms with Crippen LogP contribution in [-0.2, 0) is 4.79 Å². The second-order valence-corrected chi connectivity index (χ2v) is 5.87. The molecule has 2 unspecified atom stereocenters. The fourth-order valence-corrected chi connectivity index (χ4v) is 2.89. The van der Waals surface area contributed by atoms with Gasteiger partial charge in [-0.25, -0.2) is 4.39 Å². The van der Waals surface area contributed by atoms with Crippen molar-refractivity contribution in [3.05, 3.63) is 59.4 Å². The molecule has 3 nitrogen and oxygen atoms in total. The van der Waals surface area contributed by atoms with Crippen molar-refractivity contribution >= 4 is 17.3 Å². The highest BCUT2D eigenvalue weighted by molar-refractivity contribution is 5.97. The summed E-state index contributed by atoms with van der Waals surface area (Å²) in [4.78, 5) is 12.6. The minimum absolute atomic E-state index is 0.0935. The van der Waals surface area contributed by atoms with Gasteiger partial charge in [-0.15, -0.1) is 0 Å². The molecule has 1 heterocycles. The summed E-state index contributed by atoms with van der Waals surface area (Å²) < 4.78 is 13.6. The number of fused-ring (bicyclic) bond motifs is 1. The summed E-state index contributed by atoms with van der Waals surface area (Å²) in [6.07, 6.45) is 0.719. The molecule has 3 rings (SSSR count). The van der Waals surface area contributed by atoms with E-state index in [9.17, 15) is 9.18 Å². The molecule has 0 fully saturated rings. The van der Waals surface area contributed by atoms with Gasteiger partial charge in [-0.2, -0.15) is 0 Å². The lowest BCUT2D eigenvalue weighted by Crippen LogP contribution is -2.32. The minimum atomic E-state index is -0.308. The van der Waals surface area contributed by atoms with Gasteiger partial charge >= 0.3 is 0 Å². The van der Waals surface area contributed by atoms with Crippen molar-refractivity contribution in [3.8, 4) is 0 Å². The summed E-state index contributed by atoms with van der Waals surface area (Å²) in [6, 6.07) is 12.8. The predicted octanol–water partition coefficient (Wildman–Crippen LogP) is 4.06. The van der Waals surface area contributed by atoms with Gasteiger partial charge < -0.3 is 10.6 Å². The Kier molecular flexibility index (Phi) is 3.84. The summed E-state index contributed by atoms with van der Waals surface area (Å²) in [5.41, 5.74) is 3.05. The Morgan fingerprint density at radius 1 is 1.27 bits per heavy atom. The predicted molar refractivity (Wildman–Crippen MR) is 86.7 cm³/mol. The van der Waals surface area contributed by atoms with Gasteiger partial charge in [0.15, 0.2) is 0 Å². The number of para-hydroxylation sites is 1. The number of rotatable bonds is 2. The molecule has 2 atom stereocenters. The zero-order chi connectivity index (χ0) is 15.7. The third-order valence-electron chi connectivity index (χ3n) is 4.08. The van der Waals surface area contributed by atoms with Gasteiger partial charge in [-0.05, 0) is 49.6 Å². The molecule has 0 bridgehead atoms. The second kappa shape index (κ2) is 5.79.